The molecule has 3 aromatic rings. The summed E-state index contributed by atoms with van der Waals surface area (Å²) in [6.07, 6.45) is 0.728. The highest BCUT2D eigenvalue weighted by Gasteiger charge is 2.58. The largest absolute Gasteiger partial charge is 0.375 e. The summed E-state index contributed by atoms with van der Waals surface area (Å²) in [6, 6.07) is 9.77. The zero-order valence-corrected chi connectivity index (χ0v) is 17.3. The minimum atomic E-state index is -2.88. The SMILES string of the molecule is CC(F)(F)C1(C#Cc2cccc3c2COCCN3c2nc(=O)[nH]c3cccc(F)c23)CC1. The van der Waals surface area contributed by atoms with Gasteiger partial charge in [0.15, 0.2) is 5.82 Å². The van der Waals surface area contributed by atoms with Crippen molar-refractivity contribution in [2.24, 2.45) is 5.41 Å². The number of hydrogen-bond acceptors (Lipinski definition) is 4. The Morgan fingerprint density at radius 2 is 2.00 bits per heavy atom. The summed E-state index contributed by atoms with van der Waals surface area (Å²) in [5.41, 5.74) is 0.378. The maximum absolute atomic E-state index is 14.7. The fraction of sp³-hybridized carbons (Fsp3) is 0.333. The van der Waals surface area contributed by atoms with Gasteiger partial charge in [-0.1, -0.05) is 24.0 Å². The molecule has 32 heavy (non-hydrogen) atoms. The molecule has 1 aliphatic carbocycles. The number of aromatic nitrogens is 2. The van der Waals surface area contributed by atoms with Gasteiger partial charge in [-0.25, -0.2) is 18.0 Å². The van der Waals surface area contributed by atoms with Crippen molar-refractivity contribution >= 4 is 22.4 Å². The third kappa shape index (κ3) is 3.43. The molecule has 0 amide bonds. The van der Waals surface area contributed by atoms with Crippen LogP contribution in [-0.4, -0.2) is 29.0 Å². The molecule has 1 N–H and O–H groups in total. The number of nitrogens with one attached hydrogen (secondary N) is 1. The second kappa shape index (κ2) is 7.38. The Kier molecular flexibility index (Phi) is 4.75. The number of halogens is 3. The van der Waals surface area contributed by atoms with E-state index in [4.69, 9.17) is 4.74 Å². The Hall–Kier alpha value is -3.31. The van der Waals surface area contributed by atoms with Gasteiger partial charge in [-0.2, -0.15) is 4.98 Å². The molecule has 1 fully saturated rings. The summed E-state index contributed by atoms with van der Waals surface area (Å²) in [5, 5.41) is 0.194. The van der Waals surface area contributed by atoms with Crippen LogP contribution in [0.5, 0.6) is 0 Å². The standard InChI is InChI=1S/C24H20F3N3O2/c1-23(26,27)24(10-11-24)9-8-15-4-2-7-19-16(15)14-32-13-12-30(19)21-20-17(25)5-3-6-18(20)28-22(31)29-21/h2-7H,10-14H2,1H3,(H,28,29,31). The highest BCUT2D eigenvalue weighted by molar-refractivity contribution is 5.92. The van der Waals surface area contributed by atoms with Gasteiger partial charge in [-0.15, -0.1) is 0 Å². The van der Waals surface area contributed by atoms with Crippen LogP contribution in [0.2, 0.25) is 0 Å². The average Bonchev–Trinajstić information content (AvgIpc) is 3.55. The first-order valence-electron chi connectivity index (χ1n) is 10.4. The molecule has 5 rings (SSSR count). The highest BCUT2D eigenvalue weighted by atomic mass is 19.3. The summed E-state index contributed by atoms with van der Waals surface area (Å²) in [7, 11) is 0. The molecule has 0 atom stereocenters. The summed E-state index contributed by atoms with van der Waals surface area (Å²) in [5.74, 6) is 2.53. The van der Waals surface area contributed by atoms with Gasteiger partial charge in [-0.05, 0) is 37.1 Å². The molecule has 0 bridgehead atoms. The van der Waals surface area contributed by atoms with E-state index in [2.05, 4.69) is 21.8 Å². The molecule has 1 aromatic heterocycles. The van der Waals surface area contributed by atoms with Crippen LogP contribution in [0.1, 0.15) is 30.9 Å². The van der Waals surface area contributed by atoms with Gasteiger partial charge >= 0.3 is 5.69 Å². The lowest BCUT2D eigenvalue weighted by molar-refractivity contribution is -0.0294. The maximum atomic E-state index is 14.7. The first kappa shape index (κ1) is 20.6. The Morgan fingerprint density at radius 1 is 1.22 bits per heavy atom. The van der Waals surface area contributed by atoms with Crippen molar-refractivity contribution in [1.29, 1.82) is 0 Å². The zero-order chi connectivity index (χ0) is 22.5. The first-order chi connectivity index (χ1) is 15.3. The molecular weight excluding hydrogens is 419 g/mol. The van der Waals surface area contributed by atoms with Crippen LogP contribution in [-0.2, 0) is 11.3 Å². The lowest BCUT2D eigenvalue weighted by Crippen LogP contribution is -2.26. The van der Waals surface area contributed by atoms with Gasteiger partial charge in [0.2, 0.25) is 0 Å². The summed E-state index contributed by atoms with van der Waals surface area (Å²) < 4.78 is 48.4. The van der Waals surface area contributed by atoms with E-state index >= 15 is 0 Å². The van der Waals surface area contributed by atoms with Crippen molar-refractivity contribution in [3.63, 3.8) is 0 Å². The molecule has 8 heteroatoms. The minimum Gasteiger partial charge on any atom is -0.375 e. The van der Waals surface area contributed by atoms with Gasteiger partial charge in [0, 0.05) is 30.3 Å². The molecular formula is C24H20F3N3O2. The lowest BCUT2D eigenvalue weighted by Gasteiger charge is -2.24. The molecule has 0 unspecified atom stereocenters. The van der Waals surface area contributed by atoms with Crippen molar-refractivity contribution in [1.82, 2.24) is 9.97 Å². The number of ether oxygens (including phenoxy) is 1. The molecule has 0 spiro atoms. The predicted molar refractivity (Wildman–Crippen MR) is 115 cm³/mol. The highest BCUT2D eigenvalue weighted by Crippen LogP contribution is 2.56. The molecule has 0 radical (unpaired) electrons. The van der Waals surface area contributed by atoms with Crippen molar-refractivity contribution in [3.05, 3.63) is 63.8 Å². The van der Waals surface area contributed by atoms with Crippen LogP contribution in [0.4, 0.5) is 24.7 Å². The second-order valence-corrected chi connectivity index (χ2v) is 8.26. The monoisotopic (exact) mass is 439 g/mol. The maximum Gasteiger partial charge on any atom is 0.347 e. The van der Waals surface area contributed by atoms with E-state index in [0.29, 0.717) is 48.3 Å². The van der Waals surface area contributed by atoms with Crippen molar-refractivity contribution in [2.45, 2.75) is 32.3 Å². The van der Waals surface area contributed by atoms with Crippen LogP contribution < -0.4 is 10.6 Å². The van der Waals surface area contributed by atoms with E-state index in [1.807, 2.05) is 6.07 Å². The molecule has 0 saturated heterocycles. The quantitative estimate of drug-likeness (QED) is 0.597. The van der Waals surface area contributed by atoms with Crippen LogP contribution in [0.15, 0.2) is 41.2 Å². The van der Waals surface area contributed by atoms with Gasteiger partial charge in [0.25, 0.3) is 5.92 Å². The number of fused-ring (bicyclic) bond motifs is 2. The van der Waals surface area contributed by atoms with E-state index in [1.165, 1.54) is 12.1 Å². The van der Waals surface area contributed by atoms with E-state index < -0.39 is 22.8 Å². The lowest BCUT2D eigenvalue weighted by atomic mass is 9.98. The van der Waals surface area contributed by atoms with E-state index in [9.17, 15) is 18.0 Å². The smallest absolute Gasteiger partial charge is 0.347 e. The van der Waals surface area contributed by atoms with Crippen molar-refractivity contribution in [2.75, 3.05) is 18.1 Å². The number of anilines is 2. The molecule has 2 aromatic carbocycles. The Bertz CT molecular complexity index is 1330. The first-order valence-corrected chi connectivity index (χ1v) is 10.4. The van der Waals surface area contributed by atoms with Crippen molar-refractivity contribution in [3.8, 4) is 11.8 Å². The Balaban J connectivity index is 1.66. The molecule has 2 aliphatic rings. The van der Waals surface area contributed by atoms with Crippen LogP contribution in [0, 0.1) is 23.1 Å². The summed E-state index contributed by atoms with van der Waals surface area (Å²) in [6.45, 7) is 1.77. The number of rotatable bonds is 2. The number of H-pyrrole nitrogens is 1. The van der Waals surface area contributed by atoms with E-state index in [1.54, 1.807) is 23.1 Å². The summed E-state index contributed by atoms with van der Waals surface area (Å²) >= 11 is 0. The third-order valence-electron chi connectivity index (χ3n) is 6.12. The predicted octanol–water partition coefficient (Wildman–Crippen LogP) is 4.52. The van der Waals surface area contributed by atoms with Crippen LogP contribution >= 0.6 is 0 Å². The fourth-order valence-corrected chi connectivity index (χ4v) is 4.10. The zero-order valence-electron chi connectivity index (χ0n) is 17.3. The molecule has 1 aliphatic heterocycles. The number of aromatic amines is 1. The number of hydrogen-bond donors (Lipinski definition) is 1. The summed E-state index contributed by atoms with van der Waals surface area (Å²) in [4.78, 5) is 20.6. The molecule has 1 saturated carbocycles. The van der Waals surface area contributed by atoms with Gasteiger partial charge < -0.3 is 14.6 Å². The molecule has 164 valence electrons. The average molecular weight is 439 g/mol. The van der Waals surface area contributed by atoms with Gasteiger partial charge in [0.05, 0.1) is 29.5 Å². The third-order valence-corrected chi connectivity index (χ3v) is 6.12. The van der Waals surface area contributed by atoms with E-state index in [0.717, 1.165) is 6.92 Å². The second-order valence-electron chi connectivity index (χ2n) is 8.26. The van der Waals surface area contributed by atoms with Crippen molar-refractivity contribution < 1.29 is 17.9 Å². The normalized spacial score (nSPS) is 17.3. The number of alkyl halides is 2. The minimum absolute atomic E-state index is 0.178. The van der Waals surface area contributed by atoms with E-state index in [-0.39, 0.29) is 17.8 Å². The number of nitrogens with zero attached hydrogens (tertiary/aromatic N) is 2. The number of benzene rings is 2. The Morgan fingerprint density at radius 3 is 2.75 bits per heavy atom. The Labute approximate surface area is 182 Å². The van der Waals surface area contributed by atoms with Crippen LogP contribution in [0.25, 0.3) is 10.9 Å². The van der Waals surface area contributed by atoms with Gasteiger partial charge in [0.1, 0.15) is 5.82 Å². The molecule has 2 heterocycles. The molecule has 5 nitrogen and oxygen atoms in total. The van der Waals surface area contributed by atoms with Gasteiger partial charge in [-0.3, -0.25) is 0 Å². The van der Waals surface area contributed by atoms with Crippen LogP contribution in [0.3, 0.4) is 0 Å². The fourth-order valence-electron chi connectivity index (χ4n) is 4.10. The topological polar surface area (TPSA) is 58.2 Å².